The van der Waals surface area contributed by atoms with E-state index >= 15 is 0 Å². The number of nitrogens with zero attached hydrogens (tertiary/aromatic N) is 4. The van der Waals surface area contributed by atoms with Crippen LogP contribution in [-0.2, 0) is 11.2 Å². The van der Waals surface area contributed by atoms with Crippen molar-refractivity contribution in [1.82, 2.24) is 9.38 Å². The van der Waals surface area contributed by atoms with Crippen molar-refractivity contribution < 1.29 is 9.90 Å². The molecule has 0 aliphatic heterocycles. The highest BCUT2D eigenvalue weighted by atomic mass is 35.5. The predicted molar refractivity (Wildman–Crippen MR) is 86.9 cm³/mol. The van der Waals surface area contributed by atoms with E-state index in [2.05, 4.69) is 15.2 Å². The van der Waals surface area contributed by atoms with E-state index < -0.39 is 5.97 Å². The van der Waals surface area contributed by atoms with E-state index in [1.165, 1.54) is 0 Å². The van der Waals surface area contributed by atoms with Gasteiger partial charge < -0.3 is 5.11 Å². The molecule has 116 valence electrons. The molecule has 0 saturated carbocycles. The first kappa shape index (κ1) is 15.2. The van der Waals surface area contributed by atoms with Gasteiger partial charge in [-0.2, -0.15) is 0 Å². The summed E-state index contributed by atoms with van der Waals surface area (Å²) in [6, 6.07) is 10.9. The van der Waals surface area contributed by atoms with Crippen LogP contribution in [0.4, 0.5) is 11.5 Å². The number of fused-ring (bicyclic) bond motifs is 1. The molecule has 1 N–H and O–H groups in total. The number of azo groups is 1. The quantitative estimate of drug-likeness (QED) is 0.723. The number of carboxylic acids is 1. The summed E-state index contributed by atoms with van der Waals surface area (Å²) in [5.41, 5.74) is 2.61. The first-order valence-electron chi connectivity index (χ1n) is 6.90. The number of pyridine rings is 1. The molecule has 1 aromatic carbocycles. The van der Waals surface area contributed by atoms with Gasteiger partial charge in [0, 0.05) is 6.20 Å². The first-order valence-corrected chi connectivity index (χ1v) is 7.28. The van der Waals surface area contributed by atoms with Crippen molar-refractivity contribution in [2.24, 2.45) is 10.2 Å². The number of rotatable bonds is 4. The van der Waals surface area contributed by atoms with Crippen LogP contribution in [-0.4, -0.2) is 20.5 Å². The summed E-state index contributed by atoms with van der Waals surface area (Å²) in [5, 5.41) is 18.0. The van der Waals surface area contributed by atoms with Gasteiger partial charge in [-0.1, -0.05) is 29.8 Å². The van der Waals surface area contributed by atoms with E-state index in [0.29, 0.717) is 27.9 Å². The molecule has 0 unspecified atom stereocenters. The average molecular weight is 329 g/mol. The van der Waals surface area contributed by atoms with Gasteiger partial charge in [0.15, 0.2) is 5.82 Å². The topological polar surface area (TPSA) is 79.3 Å². The van der Waals surface area contributed by atoms with Crippen LogP contribution in [0.5, 0.6) is 0 Å². The van der Waals surface area contributed by atoms with Crippen molar-refractivity contribution in [3.63, 3.8) is 0 Å². The van der Waals surface area contributed by atoms with Gasteiger partial charge in [-0.05, 0) is 30.7 Å². The van der Waals surface area contributed by atoms with Gasteiger partial charge in [0.25, 0.3) is 0 Å². The number of hydrogen-bond donors (Lipinski definition) is 1. The van der Waals surface area contributed by atoms with E-state index in [4.69, 9.17) is 16.7 Å². The Morgan fingerprint density at radius 2 is 2.04 bits per heavy atom. The molecular weight excluding hydrogens is 316 g/mol. The smallest absolute Gasteiger partial charge is 0.309 e. The Bertz CT molecular complexity index is 918. The number of imidazole rings is 1. The van der Waals surface area contributed by atoms with E-state index in [1.807, 2.05) is 31.2 Å². The summed E-state index contributed by atoms with van der Waals surface area (Å²) in [5.74, 6) is -0.611. The van der Waals surface area contributed by atoms with E-state index in [1.54, 1.807) is 22.7 Å². The van der Waals surface area contributed by atoms with Gasteiger partial charge in [-0.25, -0.2) is 4.98 Å². The van der Waals surface area contributed by atoms with Crippen molar-refractivity contribution in [3.05, 3.63) is 58.9 Å². The highest BCUT2D eigenvalue weighted by Gasteiger charge is 2.15. The van der Waals surface area contributed by atoms with E-state index in [-0.39, 0.29) is 6.42 Å². The van der Waals surface area contributed by atoms with Crippen LogP contribution in [0.25, 0.3) is 5.65 Å². The Balaban J connectivity index is 2.12. The lowest BCUT2D eigenvalue weighted by Gasteiger charge is -2.00. The van der Waals surface area contributed by atoms with Crippen molar-refractivity contribution in [2.45, 2.75) is 13.3 Å². The third-order valence-corrected chi connectivity index (χ3v) is 3.54. The molecule has 7 heteroatoms. The SMILES string of the molecule is Cc1ccccc1N=Nc1c(CC(=O)O)nc2ccc(Cl)cn12. The maximum absolute atomic E-state index is 11.0. The highest BCUT2D eigenvalue weighted by molar-refractivity contribution is 6.30. The number of hydrogen-bond acceptors (Lipinski definition) is 4. The molecule has 6 nitrogen and oxygen atoms in total. The average Bonchev–Trinajstić information content (AvgIpc) is 2.82. The number of aliphatic carboxylic acids is 1. The van der Waals surface area contributed by atoms with Gasteiger partial charge in [-0.15, -0.1) is 10.2 Å². The lowest BCUT2D eigenvalue weighted by atomic mass is 10.2. The van der Waals surface area contributed by atoms with Crippen LogP contribution in [0.1, 0.15) is 11.3 Å². The van der Waals surface area contributed by atoms with Crippen molar-refractivity contribution in [2.75, 3.05) is 0 Å². The Morgan fingerprint density at radius 1 is 1.26 bits per heavy atom. The molecule has 3 rings (SSSR count). The molecular formula is C16H13ClN4O2. The fraction of sp³-hybridized carbons (Fsp3) is 0.125. The van der Waals surface area contributed by atoms with Gasteiger partial charge in [0.1, 0.15) is 5.65 Å². The number of aromatic nitrogens is 2. The summed E-state index contributed by atoms with van der Waals surface area (Å²) < 4.78 is 1.64. The monoisotopic (exact) mass is 328 g/mol. The number of carbonyl (C=O) groups is 1. The van der Waals surface area contributed by atoms with Crippen molar-refractivity contribution in [1.29, 1.82) is 0 Å². The molecule has 3 aromatic rings. The zero-order valence-corrected chi connectivity index (χ0v) is 13.0. The Kier molecular flexibility index (Phi) is 4.08. The maximum atomic E-state index is 11.0. The van der Waals surface area contributed by atoms with Crippen LogP contribution in [0.3, 0.4) is 0 Å². The fourth-order valence-corrected chi connectivity index (χ4v) is 2.36. The molecule has 0 atom stereocenters. The van der Waals surface area contributed by atoms with Crippen molar-refractivity contribution >= 4 is 34.7 Å². The minimum Gasteiger partial charge on any atom is -0.481 e. The van der Waals surface area contributed by atoms with Crippen LogP contribution in [0.15, 0.2) is 52.8 Å². The predicted octanol–water partition coefficient (Wildman–Crippen LogP) is 4.34. The van der Waals surface area contributed by atoms with Gasteiger partial charge >= 0.3 is 5.97 Å². The number of aryl methyl sites for hydroxylation is 1. The van der Waals surface area contributed by atoms with Gasteiger partial charge in [0.05, 0.1) is 22.8 Å². The third-order valence-electron chi connectivity index (χ3n) is 3.31. The van der Waals surface area contributed by atoms with Gasteiger partial charge in [-0.3, -0.25) is 9.20 Å². The minimum atomic E-state index is -0.980. The van der Waals surface area contributed by atoms with Crippen molar-refractivity contribution in [3.8, 4) is 0 Å². The molecule has 0 bridgehead atoms. The maximum Gasteiger partial charge on any atom is 0.309 e. The standard InChI is InChI=1S/C16H13ClN4O2/c1-10-4-2-3-5-12(10)19-20-16-13(8-15(22)23)18-14-7-6-11(17)9-21(14)16/h2-7,9H,8H2,1H3,(H,22,23). The molecule has 0 fully saturated rings. The second-order valence-electron chi connectivity index (χ2n) is 5.01. The molecule has 0 aliphatic carbocycles. The molecule has 0 saturated heterocycles. The molecule has 0 spiro atoms. The zero-order valence-electron chi connectivity index (χ0n) is 12.3. The highest BCUT2D eigenvalue weighted by Crippen LogP contribution is 2.27. The summed E-state index contributed by atoms with van der Waals surface area (Å²) >= 11 is 6.01. The van der Waals surface area contributed by atoms with E-state index in [9.17, 15) is 4.79 Å². The summed E-state index contributed by atoms with van der Waals surface area (Å²) in [4.78, 5) is 15.3. The lowest BCUT2D eigenvalue weighted by Crippen LogP contribution is -2.00. The van der Waals surface area contributed by atoms with Crippen LogP contribution < -0.4 is 0 Å². The molecule has 2 aromatic heterocycles. The van der Waals surface area contributed by atoms with Crippen LogP contribution in [0.2, 0.25) is 5.02 Å². The number of halogens is 1. The Hall–Kier alpha value is -2.73. The first-order chi connectivity index (χ1) is 11.0. The third kappa shape index (κ3) is 3.22. The molecule has 2 heterocycles. The Morgan fingerprint density at radius 3 is 2.78 bits per heavy atom. The Labute approximate surface area is 137 Å². The minimum absolute atomic E-state index is 0.235. The fourth-order valence-electron chi connectivity index (χ4n) is 2.20. The molecule has 0 aliphatic rings. The lowest BCUT2D eigenvalue weighted by molar-refractivity contribution is -0.136. The van der Waals surface area contributed by atoms with Crippen LogP contribution >= 0.6 is 11.6 Å². The summed E-state index contributed by atoms with van der Waals surface area (Å²) in [7, 11) is 0. The molecule has 23 heavy (non-hydrogen) atoms. The normalized spacial score (nSPS) is 11.4. The zero-order chi connectivity index (χ0) is 16.4. The largest absolute Gasteiger partial charge is 0.481 e. The second kappa shape index (κ2) is 6.18. The summed E-state index contributed by atoms with van der Waals surface area (Å²) in [6.07, 6.45) is 1.41. The number of carboxylic acid groups (broad SMARTS) is 1. The number of benzene rings is 1. The molecule has 0 amide bonds. The van der Waals surface area contributed by atoms with Crippen LogP contribution in [0, 0.1) is 6.92 Å². The molecule has 0 radical (unpaired) electrons. The van der Waals surface area contributed by atoms with E-state index in [0.717, 1.165) is 5.56 Å². The van der Waals surface area contributed by atoms with Gasteiger partial charge in [0.2, 0.25) is 0 Å². The second-order valence-corrected chi connectivity index (χ2v) is 5.45. The summed E-state index contributed by atoms with van der Waals surface area (Å²) in [6.45, 7) is 1.93.